The van der Waals surface area contributed by atoms with Gasteiger partial charge in [0.1, 0.15) is 5.75 Å². The number of aryl methyl sites for hydroxylation is 3. The Kier molecular flexibility index (Phi) is 9.49. The number of carbonyl (C=O) groups excluding carboxylic acids is 1. The zero-order valence-corrected chi connectivity index (χ0v) is 28.4. The number of amides is 1. The van der Waals surface area contributed by atoms with Crippen LogP contribution in [0.1, 0.15) is 55.5 Å². The summed E-state index contributed by atoms with van der Waals surface area (Å²) >= 11 is 0. The van der Waals surface area contributed by atoms with Crippen LogP contribution in [0.25, 0.3) is 0 Å². The van der Waals surface area contributed by atoms with Crippen LogP contribution >= 0.6 is 0 Å². The molecule has 0 aliphatic carbocycles. The van der Waals surface area contributed by atoms with Crippen molar-refractivity contribution in [1.29, 1.82) is 0 Å². The van der Waals surface area contributed by atoms with E-state index in [1.54, 1.807) is 4.90 Å². The molecule has 0 bridgehead atoms. The van der Waals surface area contributed by atoms with Gasteiger partial charge in [-0.25, -0.2) is 18.1 Å². The number of hydrogen-bond acceptors (Lipinski definition) is 10. The number of ether oxygens (including phenoxy) is 1. The Hall–Kier alpha value is -4.30. The molecule has 1 amide bonds. The number of rotatable bonds is 13. The third-order valence-corrected chi connectivity index (χ3v) is 8.95. The molecule has 0 fully saturated rings. The van der Waals surface area contributed by atoms with Crippen molar-refractivity contribution in [3.8, 4) is 5.75 Å². The van der Waals surface area contributed by atoms with Crippen LogP contribution in [-0.2, 0) is 26.9 Å². The van der Waals surface area contributed by atoms with E-state index in [1.807, 2.05) is 69.3 Å². The van der Waals surface area contributed by atoms with Gasteiger partial charge in [0.05, 0.1) is 18.6 Å². The van der Waals surface area contributed by atoms with Gasteiger partial charge in [0.2, 0.25) is 27.4 Å². The molecule has 1 N–H and O–H groups in total. The molecule has 1 atom stereocenters. The number of aromatic nitrogens is 3. The zero-order valence-electron chi connectivity index (χ0n) is 27.6. The summed E-state index contributed by atoms with van der Waals surface area (Å²) in [7, 11) is -3.29. The van der Waals surface area contributed by atoms with Gasteiger partial charge in [-0.2, -0.15) is 10.2 Å². The van der Waals surface area contributed by atoms with Gasteiger partial charge in [-0.05, 0) is 70.0 Å². The van der Waals surface area contributed by atoms with Crippen LogP contribution in [-0.4, -0.2) is 85.2 Å². The average Bonchev–Trinajstić information content (AvgIpc) is 3.71. The molecule has 0 saturated heterocycles. The minimum Gasteiger partial charge on any atom is -0.493 e. The Labute approximate surface area is 271 Å². The van der Waals surface area contributed by atoms with E-state index in [-0.39, 0.29) is 12.5 Å². The SMILES string of the molecule is CCN(CCNS(C)(=O)=O)c1ccc(N(C(C)=O)C2(N3CCC=N3)C(C)=Nn3nc(CCOc4ccc(C)cc4C)nc32)c(C)c1. The maximum Gasteiger partial charge on any atom is 0.239 e. The number of carbonyl (C=O) groups is 1. The van der Waals surface area contributed by atoms with E-state index < -0.39 is 15.7 Å². The lowest BCUT2D eigenvalue weighted by atomic mass is 9.98. The van der Waals surface area contributed by atoms with Crippen molar-refractivity contribution < 1.29 is 17.9 Å². The number of hydrazone groups is 1. The summed E-state index contributed by atoms with van der Waals surface area (Å²) in [5, 5.41) is 16.0. The highest BCUT2D eigenvalue weighted by Crippen LogP contribution is 2.43. The first-order chi connectivity index (χ1) is 21.8. The van der Waals surface area contributed by atoms with Crippen molar-refractivity contribution in [2.45, 2.75) is 60.0 Å². The standard InChI is InChI=1S/C32H43N9O4S/c1-8-38(18-16-34-46(7,43)44)27-11-12-28(23(3)21-27)40(26(6)42)32(39-17-9-15-33-39)25(5)36-41-31(32)35-30(37-41)14-19-45-29-13-10-22(2)20-24(29)4/h10-13,15,20-21,34H,8-9,14,16-19H2,1-7H3. The predicted octanol–water partition coefficient (Wildman–Crippen LogP) is 3.34. The number of likely N-dealkylation sites (N-methyl/N-ethyl adjacent to an activating group) is 1. The Morgan fingerprint density at radius 3 is 2.52 bits per heavy atom. The van der Waals surface area contributed by atoms with Gasteiger partial charge in [0.15, 0.2) is 5.82 Å². The Morgan fingerprint density at radius 2 is 1.89 bits per heavy atom. The smallest absolute Gasteiger partial charge is 0.239 e. The van der Waals surface area contributed by atoms with Gasteiger partial charge < -0.3 is 9.64 Å². The first-order valence-corrected chi connectivity index (χ1v) is 17.4. The van der Waals surface area contributed by atoms with Crippen molar-refractivity contribution in [3.63, 3.8) is 0 Å². The number of sulfonamides is 1. The van der Waals surface area contributed by atoms with Gasteiger partial charge in [0, 0.05) is 63.5 Å². The molecular weight excluding hydrogens is 606 g/mol. The molecule has 3 aromatic rings. The fourth-order valence-corrected chi connectivity index (χ4v) is 6.60. The summed E-state index contributed by atoms with van der Waals surface area (Å²) in [6.07, 6.45) is 4.16. The van der Waals surface area contributed by atoms with Gasteiger partial charge >= 0.3 is 0 Å². The number of nitrogens with one attached hydrogen (secondary N) is 1. The van der Waals surface area contributed by atoms with Crippen molar-refractivity contribution in [2.75, 3.05) is 48.8 Å². The molecule has 14 heteroatoms. The predicted molar refractivity (Wildman–Crippen MR) is 180 cm³/mol. The number of hydrogen-bond donors (Lipinski definition) is 1. The summed E-state index contributed by atoms with van der Waals surface area (Å²) in [5.41, 5.74) is 4.11. The minimum atomic E-state index is -3.29. The fraction of sp³-hybridized carbons (Fsp3) is 0.469. The fourth-order valence-electron chi connectivity index (χ4n) is 6.14. The summed E-state index contributed by atoms with van der Waals surface area (Å²) < 4.78 is 31.8. The molecule has 13 nitrogen and oxygen atoms in total. The molecule has 0 spiro atoms. The van der Waals surface area contributed by atoms with Crippen molar-refractivity contribution in [1.82, 2.24) is 24.6 Å². The lowest BCUT2D eigenvalue weighted by Crippen LogP contribution is -2.61. The van der Waals surface area contributed by atoms with Crippen LogP contribution in [0.3, 0.4) is 0 Å². The number of nitrogens with zero attached hydrogens (tertiary/aromatic N) is 8. The van der Waals surface area contributed by atoms with E-state index in [2.05, 4.69) is 22.6 Å². The van der Waals surface area contributed by atoms with Gasteiger partial charge in [-0.3, -0.25) is 14.7 Å². The second-order valence-corrected chi connectivity index (χ2v) is 13.6. The second-order valence-electron chi connectivity index (χ2n) is 11.7. The number of benzene rings is 2. The first-order valence-electron chi connectivity index (χ1n) is 15.5. The average molecular weight is 650 g/mol. The lowest BCUT2D eigenvalue weighted by Gasteiger charge is -2.44. The molecule has 1 aromatic heterocycles. The maximum atomic E-state index is 13.7. The summed E-state index contributed by atoms with van der Waals surface area (Å²) in [6, 6.07) is 12.0. The monoisotopic (exact) mass is 649 g/mol. The molecule has 3 heterocycles. The van der Waals surface area contributed by atoms with Crippen LogP contribution in [0.4, 0.5) is 11.4 Å². The molecule has 2 aliphatic rings. The van der Waals surface area contributed by atoms with Crippen LogP contribution in [0.2, 0.25) is 0 Å². The molecule has 2 aromatic carbocycles. The molecule has 1 unspecified atom stereocenters. The van der Waals surface area contributed by atoms with E-state index in [1.165, 1.54) is 17.3 Å². The molecule has 46 heavy (non-hydrogen) atoms. The maximum absolute atomic E-state index is 13.7. The lowest BCUT2D eigenvalue weighted by molar-refractivity contribution is -0.118. The van der Waals surface area contributed by atoms with Crippen LogP contribution < -0.4 is 19.3 Å². The largest absolute Gasteiger partial charge is 0.493 e. The third-order valence-electron chi connectivity index (χ3n) is 8.23. The molecular formula is C32H43N9O4S. The normalized spacial score (nSPS) is 17.3. The molecule has 0 radical (unpaired) electrons. The molecule has 2 aliphatic heterocycles. The van der Waals surface area contributed by atoms with Crippen molar-refractivity contribution in [2.24, 2.45) is 10.2 Å². The Bertz CT molecular complexity index is 1790. The summed E-state index contributed by atoms with van der Waals surface area (Å²) in [6.45, 7) is 13.9. The second kappa shape index (κ2) is 13.2. The topological polar surface area (TPSA) is 138 Å². The third kappa shape index (κ3) is 6.49. The van der Waals surface area contributed by atoms with Crippen LogP contribution in [0, 0.1) is 20.8 Å². The van der Waals surface area contributed by atoms with E-state index in [4.69, 9.17) is 25.0 Å². The van der Waals surface area contributed by atoms with Crippen molar-refractivity contribution >= 4 is 39.2 Å². The first kappa shape index (κ1) is 33.1. The molecule has 246 valence electrons. The molecule has 0 saturated carbocycles. The van der Waals surface area contributed by atoms with Crippen molar-refractivity contribution in [3.05, 3.63) is 64.7 Å². The number of anilines is 2. The Morgan fingerprint density at radius 1 is 1.11 bits per heavy atom. The zero-order chi connectivity index (χ0) is 33.2. The highest BCUT2D eigenvalue weighted by molar-refractivity contribution is 7.88. The van der Waals surface area contributed by atoms with E-state index in [9.17, 15) is 13.2 Å². The number of fused-ring (bicyclic) bond motifs is 1. The molecule has 5 rings (SSSR count). The van der Waals surface area contributed by atoms with Gasteiger partial charge in [-0.15, -0.1) is 9.89 Å². The summed E-state index contributed by atoms with van der Waals surface area (Å²) in [5.74, 6) is 1.67. The highest BCUT2D eigenvalue weighted by Gasteiger charge is 2.57. The van der Waals surface area contributed by atoms with Gasteiger partial charge in [0.25, 0.3) is 0 Å². The minimum absolute atomic E-state index is 0.201. The van der Waals surface area contributed by atoms with Crippen LogP contribution in [0.15, 0.2) is 46.6 Å². The summed E-state index contributed by atoms with van der Waals surface area (Å²) in [4.78, 5) is 24.0. The van der Waals surface area contributed by atoms with Gasteiger partial charge in [-0.1, -0.05) is 17.7 Å². The highest BCUT2D eigenvalue weighted by atomic mass is 32.2. The van der Waals surface area contributed by atoms with E-state index >= 15 is 0 Å². The Balaban J connectivity index is 1.48. The van der Waals surface area contributed by atoms with Crippen LogP contribution in [0.5, 0.6) is 5.75 Å². The van der Waals surface area contributed by atoms with E-state index in [0.29, 0.717) is 55.7 Å². The van der Waals surface area contributed by atoms with E-state index in [0.717, 1.165) is 35.2 Å². The quantitative estimate of drug-likeness (QED) is 0.298.